The summed E-state index contributed by atoms with van der Waals surface area (Å²) in [6.45, 7) is 3.70. The zero-order valence-electron chi connectivity index (χ0n) is 16.3. The molecule has 0 amide bonds. The number of hydrogen-bond acceptors (Lipinski definition) is 2. The van der Waals surface area contributed by atoms with Crippen LogP contribution < -0.4 is 5.32 Å². The molecule has 0 spiro atoms. The first-order chi connectivity index (χ1) is 13.8. The maximum Gasteiger partial charge on any atom is 0.193 e. The monoisotopic (exact) mass is 373 g/mol. The summed E-state index contributed by atoms with van der Waals surface area (Å²) in [7, 11) is 1.87. The molecule has 1 aromatic heterocycles. The molecular weight excluding hydrogens is 346 g/mol. The number of nitrogens with zero attached hydrogens (tertiary/aromatic N) is 4. The van der Waals surface area contributed by atoms with Crippen LogP contribution in [0.1, 0.15) is 29.0 Å². The van der Waals surface area contributed by atoms with Crippen LogP contribution in [-0.2, 0) is 13.1 Å². The summed E-state index contributed by atoms with van der Waals surface area (Å²) in [6, 6.07) is 19.5. The molecule has 3 aromatic rings. The topological polar surface area (TPSA) is 45.5 Å². The second-order valence-corrected chi connectivity index (χ2v) is 7.29. The standard InChI is InChI=1S/C23H27N5/c1-24-23(28-13-11-22(17-28)21-5-3-2-4-6-21)26-15-19-7-9-20(10-8-19)16-27-14-12-25-18-27/h2-10,12,14,18,22H,11,13,15-17H2,1H3,(H,24,26). The van der Waals surface area contributed by atoms with Crippen LogP contribution in [0.15, 0.2) is 78.3 Å². The Morgan fingerprint density at radius 1 is 1.11 bits per heavy atom. The maximum absolute atomic E-state index is 4.50. The number of aliphatic imine (C=N–C) groups is 1. The van der Waals surface area contributed by atoms with E-state index in [4.69, 9.17) is 0 Å². The van der Waals surface area contributed by atoms with Gasteiger partial charge in [-0.25, -0.2) is 4.98 Å². The lowest BCUT2D eigenvalue weighted by Crippen LogP contribution is -2.39. The number of hydrogen-bond donors (Lipinski definition) is 1. The Bertz CT molecular complexity index is 885. The van der Waals surface area contributed by atoms with Gasteiger partial charge in [-0.05, 0) is 23.1 Å². The van der Waals surface area contributed by atoms with Crippen molar-refractivity contribution in [1.82, 2.24) is 19.8 Å². The molecule has 0 bridgehead atoms. The van der Waals surface area contributed by atoms with E-state index in [0.717, 1.165) is 32.1 Å². The first kappa shape index (κ1) is 18.3. The second-order valence-electron chi connectivity index (χ2n) is 7.29. The van der Waals surface area contributed by atoms with Crippen LogP contribution in [-0.4, -0.2) is 40.5 Å². The van der Waals surface area contributed by atoms with Crippen molar-refractivity contribution in [3.8, 4) is 0 Å². The van der Waals surface area contributed by atoms with Gasteiger partial charge in [0.25, 0.3) is 0 Å². The van der Waals surface area contributed by atoms with E-state index in [1.165, 1.54) is 23.1 Å². The van der Waals surface area contributed by atoms with E-state index >= 15 is 0 Å². The molecule has 4 rings (SSSR count). The predicted molar refractivity (Wildman–Crippen MR) is 113 cm³/mol. The van der Waals surface area contributed by atoms with Crippen molar-refractivity contribution in [2.24, 2.45) is 4.99 Å². The number of rotatable bonds is 5. The van der Waals surface area contributed by atoms with Gasteiger partial charge in [-0.3, -0.25) is 4.99 Å². The molecule has 1 saturated heterocycles. The highest BCUT2D eigenvalue weighted by Crippen LogP contribution is 2.26. The average Bonchev–Trinajstić information content (AvgIpc) is 3.43. The van der Waals surface area contributed by atoms with Crippen molar-refractivity contribution in [2.45, 2.75) is 25.4 Å². The van der Waals surface area contributed by atoms with Crippen molar-refractivity contribution >= 4 is 5.96 Å². The third-order valence-corrected chi connectivity index (χ3v) is 5.37. The Labute approximate surface area is 166 Å². The fourth-order valence-electron chi connectivity index (χ4n) is 3.82. The largest absolute Gasteiger partial charge is 0.352 e. The van der Waals surface area contributed by atoms with Gasteiger partial charge in [0.1, 0.15) is 0 Å². The molecule has 1 atom stereocenters. The summed E-state index contributed by atoms with van der Waals surface area (Å²) in [5.41, 5.74) is 3.96. The van der Waals surface area contributed by atoms with Crippen LogP contribution in [0.25, 0.3) is 0 Å². The van der Waals surface area contributed by atoms with Gasteiger partial charge in [0, 0.05) is 51.5 Å². The summed E-state index contributed by atoms with van der Waals surface area (Å²) in [4.78, 5) is 11.0. The first-order valence-corrected chi connectivity index (χ1v) is 9.86. The van der Waals surface area contributed by atoms with Crippen molar-refractivity contribution in [1.29, 1.82) is 0 Å². The summed E-state index contributed by atoms with van der Waals surface area (Å²) < 4.78 is 2.08. The van der Waals surface area contributed by atoms with E-state index in [1.807, 2.05) is 25.8 Å². The number of aromatic nitrogens is 2. The lowest BCUT2D eigenvalue weighted by atomic mass is 9.99. The van der Waals surface area contributed by atoms with E-state index in [0.29, 0.717) is 5.92 Å². The number of benzene rings is 2. The van der Waals surface area contributed by atoms with E-state index in [-0.39, 0.29) is 0 Å². The van der Waals surface area contributed by atoms with Crippen LogP contribution in [0.5, 0.6) is 0 Å². The minimum Gasteiger partial charge on any atom is -0.352 e. The maximum atomic E-state index is 4.50. The molecule has 144 valence electrons. The summed E-state index contributed by atoms with van der Waals surface area (Å²) >= 11 is 0. The van der Waals surface area contributed by atoms with Gasteiger partial charge in [0.15, 0.2) is 5.96 Å². The lowest BCUT2D eigenvalue weighted by molar-refractivity contribution is 0.486. The molecule has 5 heteroatoms. The van der Waals surface area contributed by atoms with Crippen LogP contribution in [0.4, 0.5) is 0 Å². The molecule has 1 unspecified atom stereocenters. The smallest absolute Gasteiger partial charge is 0.193 e. The molecule has 1 aliphatic heterocycles. The first-order valence-electron chi connectivity index (χ1n) is 9.86. The van der Waals surface area contributed by atoms with Gasteiger partial charge < -0.3 is 14.8 Å². The van der Waals surface area contributed by atoms with Gasteiger partial charge in [-0.15, -0.1) is 0 Å². The third kappa shape index (κ3) is 4.42. The molecule has 0 radical (unpaired) electrons. The van der Waals surface area contributed by atoms with Crippen molar-refractivity contribution in [2.75, 3.05) is 20.1 Å². The van der Waals surface area contributed by atoms with Crippen LogP contribution in [0.3, 0.4) is 0 Å². The highest BCUT2D eigenvalue weighted by molar-refractivity contribution is 5.80. The molecule has 5 nitrogen and oxygen atoms in total. The van der Waals surface area contributed by atoms with E-state index in [9.17, 15) is 0 Å². The third-order valence-electron chi connectivity index (χ3n) is 5.37. The SMILES string of the molecule is CN=C(NCc1ccc(Cn2ccnc2)cc1)N1CCC(c2ccccc2)C1. The van der Waals surface area contributed by atoms with Crippen LogP contribution in [0, 0.1) is 0 Å². The van der Waals surface area contributed by atoms with Gasteiger partial charge >= 0.3 is 0 Å². The van der Waals surface area contributed by atoms with E-state index < -0.39 is 0 Å². The second kappa shape index (κ2) is 8.74. The predicted octanol–water partition coefficient (Wildman–Crippen LogP) is 3.50. The van der Waals surface area contributed by atoms with Gasteiger partial charge in [-0.1, -0.05) is 54.6 Å². The minimum absolute atomic E-state index is 0.585. The number of guanidine groups is 1. The highest BCUT2D eigenvalue weighted by Gasteiger charge is 2.25. The number of nitrogens with one attached hydrogen (secondary N) is 1. The molecule has 1 N–H and O–H groups in total. The van der Waals surface area contributed by atoms with Crippen molar-refractivity contribution in [3.63, 3.8) is 0 Å². The van der Waals surface area contributed by atoms with Gasteiger partial charge in [-0.2, -0.15) is 0 Å². The van der Waals surface area contributed by atoms with Gasteiger partial charge in [0.05, 0.1) is 6.33 Å². The molecule has 2 aromatic carbocycles. The molecule has 0 aliphatic carbocycles. The minimum atomic E-state index is 0.585. The average molecular weight is 374 g/mol. The Morgan fingerprint density at radius 2 is 1.89 bits per heavy atom. The molecule has 0 saturated carbocycles. The lowest BCUT2D eigenvalue weighted by Gasteiger charge is -2.22. The Kier molecular flexibility index (Phi) is 5.71. The summed E-state index contributed by atoms with van der Waals surface area (Å²) in [5.74, 6) is 1.57. The molecule has 28 heavy (non-hydrogen) atoms. The quantitative estimate of drug-likeness (QED) is 0.550. The molecule has 1 fully saturated rings. The van der Waals surface area contributed by atoms with E-state index in [2.05, 4.69) is 79.4 Å². The fourth-order valence-corrected chi connectivity index (χ4v) is 3.82. The van der Waals surface area contributed by atoms with Crippen molar-refractivity contribution < 1.29 is 0 Å². The molecular formula is C23H27N5. The van der Waals surface area contributed by atoms with Crippen LogP contribution >= 0.6 is 0 Å². The Hall–Kier alpha value is -3.08. The van der Waals surface area contributed by atoms with Crippen LogP contribution in [0.2, 0.25) is 0 Å². The highest BCUT2D eigenvalue weighted by atomic mass is 15.3. The zero-order chi connectivity index (χ0) is 19.2. The molecule has 1 aliphatic rings. The number of likely N-dealkylation sites (tertiary alicyclic amines) is 1. The Morgan fingerprint density at radius 3 is 2.61 bits per heavy atom. The Balaban J connectivity index is 1.31. The normalized spacial score (nSPS) is 17.1. The fraction of sp³-hybridized carbons (Fsp3) is 0.304. The zero-order valence-corrected chi connectivity index (χ0v) is 16.3. The van der Waals surface area contributed by atoms with Crippen molar-refractivity contribution in [3.05, 3.63) is 90.0 Å². The number of imidazole rings is 1. The van der Waals surface area contributed by atoms with E-state index in [1.54, 1.807) is 0 Å². The summed E-state index contributed by atoms with van der Waals surface area (Å²) in [6.07, 6.45) is 6.81. The molecule has 2 heterocycles. The summed E-state index contributed by atoms with van der Waals surface area (Å²) in [5, 5.41) is 3.53. The van der Waals surface area contributed by atoms with Gasteiger partial charge in [0.2, 0.25) is 0 Å².